The quantitative estimate of drug-likeness (QED) is 0.821. The van der Waals surface area contributed by atoms with Crippen molar-refractivity contribution in [1.82, 2.24) is 0 Å². The molecule has 1 nitrogen and oxygen atoms in total. The van der Waals surface area contributed by atoms with Crippen LogP contribution >= 0.6 is 11.3 Å². The van der Waals surface area contributed by atoms with E-state index in [2.05, 4.69) is 69.4 Å². The lowest BCUT2D eigenvalue weighted by molar-refractivity contribution is 0.604. The highest BCUT2D eigenvalue weighted by Crippen LogP contribution is 2.29. The van der Waals surface area contributed by atoms with Crippen molar-refractivity contribution in [2.45, 2.75) is 39.7 Å². The van der Waals surface area contributed by atoms with Crippen LogP contribution in [-0.4, -0.2) is 0 Å². The maximum Gasteiger partial charge on any atom is 0.0494 e. The average Bonchev–Trinajstić information content (AvgIpc) is 2.76. The molecule has 18 heavy (non-hydrogen) atoms. The molecule has 0 fully saturated rings. The summed E-state index contributed by atoms with van der Waals surface area (Å²) >= 11 is 1.90. The number of aryl methyl sites for hydroxylation is 1. The second-order valence-electron chi connectivity index (χ2n) is 5.68. The molecular weight excluding hydrogens is 238 g/mol. The van der Waals surface area contributed by atoms with Crippen molar-refractivity contribution in [3.63, 3.8) is 0 Å². The van der Waals surface area contributed by atoms with Gasteiger partial charge in [-0.2, -0.15) is 0 Å². The number of para-hydroxylation sites is 1. The Bertz CT molecular complexity index is 520. The molecular formula is C16H21NS. The van der Waals surface area contributed by atoms with Gasteiger partial charge in [0.2, 0.25) is 0 Å². The third-order valence-electron chi connectivity index (χ3n) is 3.00. The molecule has 1 aromatic heterocycles. The number of benzene rings is 1. The molecule has 1 aromatic carbocycles. The Kier molecular flexibility index (Phi) is 3.76. The molecule has 2 rings (SSSR count). The first-order valence-corrected chi connectivity index (χ1v) is 7.17. The van der Waals surface area contributed by atoms with Crippen molar-refractivity contribution in [2.24, 2.45) is 0 Å². The van der Waals surface area contributed by atoms with Crippen LogP contribution in [0.5, 0.6) is 0 Å². The van der Waals surface area contributed by atoms with Crippen LogP contribution in [-0.2, 0) is 12.0 Å². The van der Waals surface area contributed by atoms with Crippen LogP contribution in [0.2, 0.25) is 0 Å². The first-order valence-electron chi connectivity index (χ1n) is 6.35. The van der Waals surface area contributed by atoms with E-state index in [-0.39, 0.29) is 5.41 Å². The maximum absolute atomic E-state index is 3.50. The fourth-order valence-electron chi connectivity index (χ4n) is 1.83. The summed E-state index contributed by atoms with van der Waals surface area (Å²) in [5.74, 6) is 0. The molecule has 2 aromatic rings. The third kappa shape index (κ3) is 3.14. The van der Waals surface area contributed by atoms with Gasteiger partial charge >= 0.3 is 0 Å². The molecule has 0 aliphatic rings. The Morgan fingerprint density at radius 1 is 1.06 bits per heavy atom. The zero-order valence-electron chi connectivity index (χ0n) is 11.6. The molecule has 0 aliphatic heterocycles. The zero-order chi connectivity index (χ0) is 13.2. The Morgan fingerprint density at radius 2 is 1.78 bits per heavy atom. The minimum Gasteiger partial charge on any atom is -0.380 e. The van der Waals surface area contributed by atoms with Crippen LogP contribution in [0, 0.1) is 6.92 Å². The third-order valence-corrected chi connectivity index (χ3v) is 4.51. The predicted molar refractivity (Wildman–Crippen MR) is 81.5 cm³/mol. The highest BCUT2D eigenvalue weighted by atomic mass is 32.1. The Hall–Kier alpha value is -1.28. The molecule has 0 saturated heterocycles. The van der Waals surface area contributed by atoms with Gasteiger partial charge in [0.1, 0.15) is 0 Å². The van der Waals surface area contributed by atoms with Gasteiger partial charge in [-0.05, 0) is 36.1 Å². The number of thiophene rings is 1. The predicted octanol–water partition coefficient (Wildman–Crippen LogP) is 4.97. The Labute approximate surface area is 114 Å². The molecule has 0 aliphatic carbocycles. The van der Waals surface area contributed by atoms with Crippen LogP contribution in [0.1, 0.15) is 36.1 Å². The Morgan fingerprint density at radius 3 is 2.39 bits per heavy atom. The molecule has 0 bridgehead atoms. The fraction of sp³-hybridized carbons (Fsp3) is 0.375. The summed E-state index contributed by atoms with van der Waals surface area (Å²) in [4.78, 5) is 2.84. The largest absolute Gasteiger partial charge is 0.380 e. The van der Waals surface area contributed by atoms with Gasteiger partial charge in [-0.25, -0.2) is 0 Å². The Balaban J connectivity index is 2.03. The summed E-state index contributed by atoms with van der Waals surface area (Å²) in [6, 6.07) is 12.9. The lowest BCUT2D eigenvalue weighted by atomic mass is 9.95. The number of hydrogen-bond donors (Lipinski definition) is 1. The van der Waals surface area contributed by atoms with E-state index in [4.69, 9.17) is 0 Å². The fourth-order valence-corrected chi connectivity index (χ4v) is 2.83. The van der Waals surface area contributed by atoms with Crippen molar-refractivity contribution in [1.29, 1.82) is 0 Å². The van der Waals surface area contributed by atoms with Crippen molar-refractivity contribution < 1.29 is 0 Å². The number of anilines is 1. The highest BCUT2D eigenvalue weighted by Gasteiger charge is 2.15. The number of rotatable bonds is 3. The summed E-state index contributed by atoms with van der Waals surface area (Å²) in [7, 11) is 0. The SMILES string of the molecule is Cc1ccccc1NCc1ccc(C(C)(C)C)s1. The molecule has 0 unspecified atom stereocenters. The van der Waals surface area contributed by atoms with E-state index < -0.39 is 0 Å². The molecule has 2 heteroatoms. The van der Waals surface area contributed by atoms with E-state index in [9.17, 15) is 0 Å². The first-order chi connectivity index (χ1) is 8.47. The van der Waals surface area contributed by atoms with Gasteiger partial charge in [0.05, 0.1) is 0 Å². The zero-order valence-corrected chi connectivity index (χ0v) is 12.4. The van der Waals surface area contributed by atoms with Crippen LogP contribution in [0.15, 0.2) is 36.4 Å². The lowest BCUT2D eigenvalue weighted by Gasteiger charge is -2.15. The van der Waals surface area contributed by atoms with Crippen LogP contribution < -0.4 is 5.32 Å². The van der Waals surface area contributed by atoms with E-state index in [0.717, 1.165) is 6.54 Å². The van der Waals surface area contributed by atoms with E-state index in [1.54, 1.807) is 0 Å². The van der Waals surface area contributed by atoms with Gasteiger partial charge in [0, 0.05) is 22.0 Å². The molecule has 0 saturated carbocycles. The molecule has 0 spiro atoms. The standard InChI is InChI=1S/C16H21NS/c1-12-7-5-6-8-14(12)17-11-13-9-10-15(18-13)16(2,3)4/h5-10,17H,11H2,1-4H3. The van der Waals surface area contributed by atoms with Crippen LogP contribution in [0.3, 0.4) is 0 Å². The summed E-state index contributed by atoms with van der Waals surface area (Å²) in [6.07, 6.45) is 0. The molecule has 0 amide bonds. The van der Waals surface area contributed by atoms with E-state index in [0.29, 0.717) is 0 Å². The van der Waals surface area contributed by atoms with Crippen molar-refractivity contribution in [3.8, 4) is 0 Å². The number of nitrogens with one attached hydrogen (secondary N) is 1. The summed E-state index contributed by atoms with van der Waals surface area (Å²) < 4.78 is 0. The maximum atomic E-state index is 3.50. The van der Waals surface area contributed by atoms with Gasteiger partial charge in [-0.15, -0.1) is 11.3 Å². The van der Waals surface area contributed by atoms with Crippen LogP contribution in [0.25, 0.3) is 0 Å². The summed E-state index contributed by atoms with van der Waals surface area (Å²) in [5, 5.41) is 3.50. The van der Waals surface area contributed by atoms with Crippen molar-refractivity contribution >= 4 is 17.0 Å². The highest BCUT2D eigenvalue weighted by molar-refractivity contribution is 7.12. The second kappa shape index (κ2) is 5.15. The summed E-state index contributed by atoms with van der Waals surface area (Å²) in [5.41, 5.74) is 2.78. The minimum absolute atomic E-state index is 0.256. The average molecular weight is 259 g/mol. The lowest BCUT2D eigenvalue weighted by Crippen LogP contribution is -2.07. The molecule has 0 radical (unpaired) electrons. The monoisotopic (exact) mass is 259 g/mol. The number of hydrogen-bond acceptors (Lipinski definition) is 2. The van der Waals surface area contributed by atoms with E-state index in [1.165, 1.54) is 21.0 Å². The normalized spacial score (nSPS) is 11.6. The summed E-state index contributed by atoms with van der Waals surface area (Å²) in [6.45, 7) is 9.83. The second-order valence-corrected chi connectivity index (χ2v) is 6.85. The van der Waals surface area contributed by atoms with Crippen molar-refractivity contribution in [3.05, 3.63) is 51.7 Å². The minimum atomic E-state index is 0.256. The van der Waals surface area contributed by atoms with Crippen molar-refractivity contribution in [2.75, 3.05) is 5.32 Å². The smallest absolute Gasteiger partial charge is 0.0494 e. The molecule has 96 valence electrons. The molecule has 1 heterocycles. The first kappa shape index (κ1) is 13.2. The van der Waals surface area contributed by atoms with Gasteiger partial charge < -0.3 is 5.32 Å². The van der Waals surface area contributed by atoms with Crippen LogP contribution in [0.4, 0.5) is 5.69 Å². The van der Waals surface area contributed by atoms with Gasteiger partial charge in [-0.1, -0.05) is 39.0 Å². The van der Waals surface area contributed by atoms with Gasteiger partial charge in [0.25, 0.3) is 0 Å². The molecule has 0 atom stereocenters. The van der Waals surface area contributed by atoms with Gasteiger partial charge in [0.15, 0.2) is 0 Å². The molecule has 1 N–H and O–H groups in total. The van der Waals surface area contributed by atoms with E-state index in [1.807, 2.05) is 11.3 Å². The van der Waals surface area contributed by atoms with E-state index >= 15 is 0 Å². The topological polar surface area (TPSA) is 12.0 Å². The van der Waals surface area contributed by atoms with Gasteiger partial charge in [-0.3, -0.25) is 0 Å².